The predicted octanol–water partition coefficient (Wildman–Crippen LogP) is 5.32. The van der Waals surface area contributed by atoms with Crippen LogP contribution >= 0.6 is 22.9 Å². The predicted molar refractivity (Wildman–Crippen MR) is 183 cm³/mol. The van der Waals surface area contributed by atoms with Crippen molar-refractivity contribution in [2.75, 3.05) is 38.1 Å². The number of aliphatic hydroxyl groups is 1. The van der Waals surface area contributed by atoms with Gasteiger partial charge in [0, 0.05) is 43.4 Å². The molecule has 0 spiro atoms. The molecule has 4 atom stereocenters. The zero-order valence-electron chi connectivity index (χ0n) is 26.8. The number of anilines is 1. The number of likely N-dealkylation sites (N-methyl/N-ethyl adjacent to an activating group) is 1. The van der Waals surface area contributed by atoms with Gasteiger partial charge in [-0.05, 0) is 87.0 Å². The Bertz CT molecular complexity index is 1700. The molecule has 0 bridgehead atoms. The smallest absolute Gasteiger partial charge is 0.261 e. The van der Waals surface area contributed by atoms with E-state index in [9.17, 15) is 26.7 Å². The topological polar surface area (TPSA) is 143 Å². The second-order valence-corrected chi connectivity index (χ2v) is 17.1. The number of hydrogen-bond acceptors (Lipinski definition) is 9. The Hall–Kier alpha value is -2.72. The van der Waals surface area contributed by atoms with Crippen LogP contribution in [-0.4, -0.2) is 88.7 Å². The van der Waals surface area contributed by atoms with Gasteiger partial charge in [-0.3, -0.25) is 9.52 Å². The zero-order valence-corrected chi connectivity index (χ0v) is 30.0. The van der Waals surface area contributed by atoms with Gasteiger partial charge in [-0.25, -0.2) is 16.8 Å². The van der Waals surface area contributed by atoms with Crippen LogP contribution < -0.4 is 9.46 Å². The van der Waals surface area contributed by atoms with Gasteiger partial charge in [-0.15, -0.1) is 11.3 Å². The largest absolute Gasteiger partial charge is 0.490 e. The summed E-state index contributed by atoms with van der Waals surface area (Å²) in [4.78, 5) is 15.8. The number of carbonyl (C=O) groups is 1. The number of aliphatic hydroxyl groups excluding tert-OH is 1. The van der Waals surface area contributed by atoms with Gasteiger partial charge >= 0.3 is 0 Å². The number of rotatable bonds is 9. The molecule has 1 aromatic heterocycles. The normalized spacial score (nSPS) is 21.0. The first-order valence-electron chi connectivity index (χ1n) is 15.3. The lowest BCUT2D eigenvalue weighted by molar-refractivity contribution is -0.00832. The van der Waals surface area contributed by atoms with Crippen LogP contribution in [0, 0.1) is 5.92 Å². The van der Waals surface area contributed by atoms with Crippen LogP contribution in [0.15, 0.2) is 69.1 Å². The lowest BCUT2D eigenvalue weighted by atomic mass is 10.0. The molecule has 47 heavy (non-hydrogen) atoms. The van der Waals surface area contributed by atoms with Crippen molar-refractivity contribution in [3.05, 3.63) is 70.6 Å². The second kappa shape index (κ2) is 16.1. The highest BCUT2D eigenvalue weighted by molar-refractivity contribution is 7.92. The lowest BCUT2D eigenvalue weighted by Gasteiger charge is -2.35. The summed E-state index contributed by atoms with van der Waals surface area (Å²) in [5, 5.41) is 12.3. The Kier molecular flexibility index (Phi) is 12.7. The van der Waals surface area contributed by atoms with E-state index in [-0.39, 0.29) is 57.8 Å². The van der Waals surface area contributed by atoms with Gasteiger partial charge < -0.3 is 19.5 Å². The molecule has 0 saturated carbocycles. The van der Waals surface area contributed by atoms with Gasteiger partial charge in [0.2, 0.25) is 0 Å². The highest BCUT2D eigenvalue weighted by Gasteiger charge is 2.33. The summed E-state index contributed by atoms with van der Waals surface area (Å²) < 4.78 is 69.3. The van der Waals surface area contributed by atoms with E-state index >= 15 is 0 Å². The SMILES string of the molecule is C[C@@H]1CCCCO[C@@H](CN(C)S(=O)(=O)c2cccs2)[C@H](C)CN([C@@H](C)CO)C(=O)c2cc(NS(=O)(=O)c3ccc(Cl)cc3)ccc2O1. The fourth-order valence-electron chi connectivity index (χ4n) is 5.19. The summed E-state index contributed by atoms with van der Waals surface area (Å²) in [6.45, 7) is 5.70. The van der Waals surface area contributed by atoms with Crippen molar-refractivity contribution in [2.45, 2.75) is 67.4 Å². The molecule has 1 amide bonds. The third-order valence-electron chi connectivity index (χ3n) is 8.02. The number of carbonyl (C=O) groups excluding carboxylic acids is 1. The molecular weight excluding hydrogens is 686 g/mol. The quantitative estimate of drug-likeness (QED) is 0.302. The van der Waals surface area contributed by atoms with E-state index in [1.165, 1.54) is 52.7 Å². The van der Waals surface area contributed by atoms with Crippen LogP contribution in [0.25, 0.3) is 0 Å². The van der Waals surface area contributed by atoms with Crippen molar-refractivity contribution in [1.29, 1.82) is 0 Å². The summed E-state index contributed by atoms with van der Waals surface area (Å²) in [7, 11) is -6.24. The molecule has 0 fully saturated rings. The summed E-state index contributed by atoms with van der Waals surface area (Å²) >= 11 is 7.07. The van der Waals surface area contributed by atoms with Crippen LogP contribution in [0.2, 0.25) is 5.02 Å². The molecule has 3 aromatic rings. The third kappa shape index (κ3) is 9.46. The molecule has 0 saturated heterocycles. The molecule has 11 nitrogen and oxygen atoms in total. The van der Waals surface area contributed by atoms with Gasteiger partial charge in [-0.1, -0.05) is 24.6 Å². The maximum absolute atomic E-state index is 14.3. The zero-order chi connectivity index (χ0) is 34.4. The first-order valence-corrected chi connectivity index (χ1v) is 19.5. The minimum absolute atomic E-state index is 0.000335. The monoisotopic (exact) mass is 727 g/mol. The van der Waals surface area contributed by atoms with Crippen LogP contribution in [0.4, 0.5) is 5.69 Å². The maximum atomic E-state index is 14.3. The van der Waals surface area contributed by atoms with Crippen LogP contribution in [0.3, 0.4) is 0 Å². The van der Waals surface area contributed by atoms with E-state index in [1.54, 1.807) is 30.5 Å². The molecule has 0 radical (unpaired) electrons. The Morgan fingerprint density at radius 2 is 1.83 bits per heavy atom. The van der Waals surface area contributed by atoms with Crippen molar-refractivity contribution in [3.8, 4) is 5.75 Å². The van der Waals surface area contributed by atoms with Gasteiger partial charge in [0.25, 0.3) is 26.0 Å². The number of ether oxygens (including phenoxy) is 2. The molecule has 2 heterocycles. The molecule has 15 heteroatoms. The van der Waals surface area contributed by atoms with Crippen molar-refractivity contribution in [1.82, 2.24) is 9.21 Å². The standard InChI is InChI=1S/C32H42ClN3O8S3/c1-22-19-36(23(2)21-37)32(38)28-18-26(34-46(39,40)27-13-10-25(33)11-14-27)12-15-29(28)44-24(3)8-5-6-16-43-30(22)20-35(4)47(41,42)31-9-7-17-45-31/h7,9-15,17-18,22-24,30,34,37H,5-6,8,16,19-21H2,1-4H3/t22-,23+,24-,30+/m1/s1. The lowest BCUT2D eigenvalue weighted by Crippen LogP contribution is -2.48. The number of sulfonamides is 2. The number of amides is 1. The molecule has 1 aliphatic rings. The van der Waals surface area contributed by atoms with Crippen molar-refractivity contribution in [3.63, 3.8) is 0 Å². The first-order chi connectivity index (χ1) is 22.2. The number of nitrogens with one attached hydrogen (secondary N) is 1. The highest BCUT2D eigenvalue weighted by Crippen LogP contribution is 2.30. The summed E-state index contributed by atoms with van der Waals surface area (Å²) in [6.07, 6.45) is 1.30. The summed E-state index contributed by atoms with van der Waals surface area (Å²) in [5.41, 5.74) is 0.267. The fourth-order valence-corrected chi connectivity index (χ4v) is 8.75. The average Bonchev–Trinajstić information content (AvgIpc) is 3.59. The number of nitrogens with zero attached hydrogens (tertiary/aromatic N) is 2. The summed E-state index contributed by atoms with van der Waals surface area (Å²) in [6, 6.07) is 12.8. The van der Waals surface area contributed by atoms with Gasteiger partial charge in [0.15, 0.2) is 0 Å². The molecule has 2 aromatic carbocycles. The van der Waals surface area contributed by atoms with Gasteiger partial charge in [0.05, 0.1) is 35.3 Å². The molecular formula is C32H42ClN3O8S3. The number of halogens is 1. The Morgan fingerprint density at radius 3 is 2.49 bits per heavy atom. The molecule has 0 unspecified atom stereocenters. The number of fused-ring (bicyclic) bond motifs is 1. The maximum Gasteiger partial charge on any atom is 0.261 e. The van der Waals surface area contributed by atoms with E-state index in [0.717, 1.165) is 17.8 Å². The molecule has 1 aliphatic heterocycles. The van der Waals surface area contributed by atoms with E-state index in [4.69, 9.17) is 21.1 Å². The molecule has 2 N–H and O–H groups in total. The van der Waals surface area contributed by atoms with E-state index in [1.807, 2.05) is 13.8 Å². The highest BCUT2D eigenvalue weighted by atomic mass is 35.5. The molecule has 258 valence electrons. The van der Waals surface area contributed by atoms with Crippen LogP contribution in [0.1, 0.15) is 50.4 Å². The van der Waals surface area contributed by atoms with Gasteiger partial charge in [0.1, 0.15) is 9.96 Å². The Balaban J connectivity index is 1.68. The molecule has 0 aliphatic carbocycles. The number of benzene rings is 2. The minimum atomic E-state index is -4.01. The van der Waals surface area contributed by atoms with Gasteiger partial charge in [-0.2, -0.15) is 4.31 Å². The molecule has 4 rings (SSSR count). The first kappa shape index (κ1) is 37.1. The fraction of sp³-hybridized carbons (Fsp3) is 0.469. The third-order valence-corrected chi connectivity index (χ3v) is 12.9. The van der Waals surface area contributed by atoms with Crippen molar-refractivity contribution >= 4 is 54.6 Å². The Labute approximate surface area is 286 Å². The van der Waals surface area contributed by atoms with Crippen LogP contribution in [-0.2, 0) is 24.8 Å². The Morgan fingerprint density at radius 1 is 1.11 bits per heavy atom. The minimum Gasteiger partial charge on any atom is -0.490 e. The average molecular weight is 728 g/mol. The van der Waals surface area contributed by atoms with E-state index in [2.05, 4.69) is 4.72 Å². The number of hydrogen-bond donors (Lipinski definition) is 2. The van der Waals surface area contributed by atoms with Crippen molar-refractivity contribution in [2.24, 2.45) is 5.92 Å². The van der Waals surface area contributed by atoms with E-state index < -0.39 is 38.1 Å². The second-order valence-electron chi connectivity index (χ2n) is 11.8. The number of thiophene rings is 1. The van der Waals surface area contributed by atoms with Crippen LogP contribution in [0.5, 0.6) is 5.75 Å². The van der Waals surface area contributed by atoms with Crippen molar-refractivity contribution < 1.29 is 36.2 Å². The van der Waals surface area contributed by atoms with E-state index in [0.29, 0.717) is 24.5 Å². The summed E-state index contributed by atoms with van der Waals surface area (Å²) in [5.74, 6) is -0.554.